The fourth-order valence-corrected chi connectivity index (χ4v) is 3.60. The van der Waals surface area contributed by atoms with E-state index in [9.17, 15) is 18.0 Å². The number of halogens is 4. The predicted octanol–water partition coefficient (Wildman–Crippen LogP) is 5.81. The minimum atomic E-state index is -4.59. The van der Waals surface area contributed by atoms with Crippen molar-refractivity contribution in [2.75, 3.05) is 0 Å². The van der Waals surface area contributed by atoms with Gasteiger partial charge in [0.1, 0.15) is 11.6 Å². The average Bonchev–Trinajstić information content (AvgIpc) is 3.11. The van der Waals surface area contributed by atoms with Gasteiger partial charge in [-0.15, -0.1) is 0 Å². The lowest BCUT2D eigenvalue weighted by Gasteiger charge is -2.13. The zero-order chi connectivity index (χ0) is 19.7. The van der Waals surface area contributed by atoms with Gasteiger partial charge in [-0.25, -0.2) is 0 Å². The van der Waals surface area contributed by atoms with Gasteiger partial charge in [0.15, 0.2) is 0 Å². The van der Waals surface area contributed by atoms with Crippen molar-refractivity contribution in [3.8, 4) is 0 Å². The number of hydrogen-bond acceptors (Lipinski definition) is 2. The van der Waals surface area contributed by atoms with Crippen molar-refractivity contribution in [3.05, 3.63) is 46.0 Å². The van der Waals surface area contributed by atoms with Gasteiger partial charge < -0.3 is 4.74 Å². The van der Waals surface area contributed by atoms with Gasteiger partial charge in [-0.05, 0) is 40.9 Å². The highest BCUT2D eigenvalue weighted by atomic mass is 35.5. The summed E-state index contributed by atoms with van der Waals surface area (Å²) in [7, 11) is 0. The van der Waals surface area contributed by atoms with Crippen molar-refractivity contribution in [1.82, 2.24) is 0 Å². The van der Waals surface area contributed by atoms with E-state index in [1.54, 1.807) is 13.8 Å². The van der Waals surface area contributed by atoms with Crippen LogP contribution in [0.5, 0.6) is 0 Å². The Balaban J connectivity index is 2.10. The van der Waals surface area contributed by atoms with Gasteiger partial charge in [0, 0.05) is 0 Å². The van der Waals surface area contributed by atoms with Crippen molar-refractivity contribution in [2.45, 2.75) is 53.3 Å². The lowest BCUT2D eigenvalue weighted by Crippen LogP contribution is -2.12. The van der Waals surface area contributed by atoms with Crippen LogP contribution in [0.1, 0.15) is 44.4 Å². The highest BCUT2D eigenvalue weighted by Crippen LogP contribution is 2.60. The SMILES string of the molecule is CCc1cccc(CC)c1COC(=O)C1C(C=C(Cl)C(F)(F)F)C1(C)C. The summed E-state index contributed by atoms with van der Waals surface area (Å²) in [4.78, 5) is 12.5. The van der Waals surface area contributed by atoms with Crippen LogP contribution in [0.25, 0.3) is 0 Å². The van der Waals surface area contributed by atoms with Crippen molar-refractivity contribution in [2.24, 2.45) is 17.3 Å². The first-order chi connectivity index (χ1) is 12.0. The maximum absolute atomic E-state index is 12.6. The molecule has 144 valence electrons. The van der Waals surface area contributed by atoms with Crippen LogP contribution >= 0.6 is 11.6 Å². The standard InChI is InChI=1S/C20H24ClF3O2/c1-5-12-8-7-9-13(6-2)14(12)11-26-18(25)17-15(19(17,3)4)10-16(21)20(22,23)24/h7-10,15,17H,5-6,11H2,1-4H3. The number of allylic oxidation sites excluding steroid dienone is 2. The number of carbonyl (C=O) groups excluding carboxylic acids is 1. The van der Waals surface area contributed by atoms with E-state index in [4.69, 9.17) is 16.3 Å². The molecule has 0 N–H and O–H groups in total. The molecule has 1 fully saturated rings. The minimum absolute atomic E-state index is 0.141. The zero-order valence-corrected chi connectivity index (χ0v) is 16.2. The molecule has 0 radical (unpaired) electrons. The Labute approximate surface area is 157 Å². The molecule has 0 aliphatic heterocycles. The summed E-state index contributed by atoms with van der Waals surface area (Å²) < 4.78 is 43.4. The molecule has 1 aliphatic carbocycles. The zero-order valence-electron chi connectivity index (χ0n) is 15.4. The topological polar surface area (TPSA) is 26.3 Å². The van der Waals surface area contributed by atoms with E-state index >= 15 is 0 Å². The molecular formula is C20H24ClF3O2. The summed E-state index contributed by atoms with van der Waals surface area (Å²) >= 11 is 5.33. The molecule has 1 aromatic rings. The first-order valence-corrected chi connectivity index (χ1v) is 9.12. The van der Waals surface area contributed by atoms with E-state index in [1.807, 2.05) is 32.0 Å². The van der Waals surface area contributed by atoms with Gasteiger partial charge in [0.05, 0.1) is 5.92 Å². The average molecular weight is 389 g/mol. The van der Waals surface area contributed by atoms with E-state index in [0.29, 0.717) is 0 Å². The normalized spacial score (nSPS) is 22.2. The molecule has 2 nitrogen and oxygen atoms in total. The first-order valence-electron chi connectivity index (χ1n) is 8.74. The summed E-state index contributed by atoms with van der Waals surface area (Å²) in [5.41, 5.74) is 2.62. The third-order valence-corrected chi connectivity index (χ3v) is 5.59. The molecule has 0 heterocycles. The fourth-order valence-electron chi connectivity index (χ4n) is 3.46. The van der Waals surface area contributed by atoms with E-state index in [-0.39, 0.29) is 6.61 Å². The quantitative estimate of drug-likeness (QED) is 0.574. The van der Waals surface area contributed by atoms with Crippen molar-refractivity contribution < 1.29 is 22.7 Å². The number of carbonyl (C=O) groups is 1. The Morgan fingerprint density at radius 2 is 1.77 bits per heavy atom. The summed E-state index contributed by atoms with van der Waals surface area (Å²) in [5.74, 6) is -1.66. The van der Waals surface area contributed by atoms with Gasteiger partial charge in [-0.3, -0.25) is 4.79 Å². The Morgan fingerprint density at radius 1 is 1.23 bits per heavy atom. The van der Waals surface area contributed by atoms with Crippen LogP contribution in [-0.4, -0.2) is 12.1 Å². The molecule has 0 amide bonds. The molecule has 0 aromatic heterocycles. The molecule has 2 atom stereocenters. The minimum Gasteiger partial charge on any atom is -0.461 e. The van der Waals surface area contributed by atoms with E-state index in [2.05, 4.69) is 0 Å². The van der Waals surface area contributed by atoms with Crippen LogP contribution < -0.4 is 0 Å². The van der Waals surface area contributed by atoms with Crippen molar-refractivity contribution in [3.63, 3.8) is 0 Å². The molecule has 1 aromatic carbocycles. The van der Waals surface area contributed by atoms with Crippen LogP contribution in [0.2, 0.25) is 0 Å². The maximum atomic E-state index is 12.6. The number of rotatable bonds is 6. The fraction of sp³-hybridized carbons (Fsp3) is 0.550. The monoisotopic (exact) mass is 388 g/mol. The molecule has 0 spiro atoms. The van der Waals surface area contributed by atoms with Gasteiger partial charge in [0.2, 0.25) is 0 Å². The third kappa shape index (κ3) is 4.25. The molecular weight excluding hydrogens is 365 g/mol. The number of hydrogen-bond donors (Lipinski definition) is 0. The van der Waals surface area contributed by atoms with Crippen molar-refractivity contribution in [1.29, 1.82) is 0 Å². The second-order valence-corrected chi connectivity index (χ2v) is 7.61. The van der Waals surface area contributed by atoms with E-state index in [0.717, 1.165) is 35.6 Å². The Bertz CT molecular complexity index is 685. The smallest absolute Gasteiger partial charge is 0.426 e. The second-order valence-electron chi connectivity index (χ2n) is 7.21. The molecule has 0 bridgehead atoms. The van der Waals surface area contributed by atoms with Crippen LogP contribution in [0.4, 0.5) is 13.2 Å². The Morgan fingerprint density at radius 3 is 2.23 bits per heavy atom. The summed E-state index contributed by atoms with van der Waals surface area (Å²) in [6.45, 7) is 7.70. The summed E-state index contributed by atoms with van der Waals surface area (Å²) in [6.07, 6.45) is -2.01. The molecule has 26 heavy (non-hydrogen) atoms. The van der Waals surface area contributed by atoms with Gasteiger partial charge >= 0.3 is 12.1 Å². The highest BCUT2D eigenvalue weighted by molar-refractivity contribution is 6.30. The highest BCUT2D eigenvalue weighted by Gasteiger charge is 2.62. The lowest BCUT2D eigenvalue weighted by atomic mass is 9.98. The van der Waals surface area contributed by atoms with E-state index in [1.165, 1.54) is 0 Å². The summed E-state index contributed by atoms with van der Waals surface area (Å²) in [6, 6.07) is 5.98. The second kappa shape index (κ2) is 7.63. The van der Waals surface area contributed by atoms with Crippen LogP contribution in [-0.2, 0) is 29.0 Å². The molecule has 2 unspecified atom stereocenters. The Hall–Kier alpha value is -1.49. The van der Waals surface area contributed by atoms with Crippen LogP contribution in [0.3, 0.4) is 0 Å². The Kier molecular flexibility index (Phi) is 6.11. The molecule has 2 rings (SSSR count). The van der Waals surface area contributed by atoms with Gasteiger partial charge in [-0.2, -0.15) is 13.2 Å². The number of alkyl halides is 3. The lowest BCUT2D eigenvalue weighted by molar-refractivity contribution is -0.147. The molecule has 1 saturated carbocycles. The van der Waals surface area contributed by atoms with Crippen LogP contribution in [0.15, 0.2) is 29.3 Å². The first kappa shape index (κ1) is 20.8. The third-order valence-electron chi connectivity index (χ3n) is 5.25. The summed E-state index contributed by atoms with van der Waals surface area (Å²) in [5, 5.41) is -1.18. The van der Waals surface area contributed by atoms with E-state index < -0.39 is 34.4 Å². The largest absolute Gasteiger partial charge is 0.461 e. The van der Waals surface area contributed by atoms with Crippen LogP contribution in [0, 0.1) is 17.3 Å². The number of ether oxygens (including phenoxy) is 1. The molecule has 1 aliphatic rings. The molecule has 6 heteroatoms. The van der Waals surface area contributed by atoms with Gasteiger partial charge in [0.25, 0.3) is 0 Å². The van der Waals surface area contributed by atoms with Gasteiger partial charge in [-0.1, -0.05) is 63.6 Å². The molecule has 0 saturated heterocycles. The predicted molar refractivity (Wildman–Crippen MR) is 95.7 cm³/mol. The number of esters is 1. The maximum Gasteiger partial charge on any atom is 0.426 e. The number of aryl methyl sites for hydroxylation is 2. The number of benzene rings is 1. The van der Waals surface area contributed by atoms with Crippen molar-refractivity contribution >= 4 is 17.6 Å².